The van der Waals surface area contributed by atoms with Crippen molar-refractivity contribution < 1.29 is 4.92 Å². The first kappa shape index (κ1) is 14.7. The number of imidazole rings is 1. The number of hydrogen-bond donors (Lipinski definition) is 2. The van der Waals surface area contributed by atoms with Gasteiger partial charge in [0.1, 0.15) is 5.69 Å². The number of anilines is 2. The monoisotopic (exact) mass is 291 g/mol. The predicted molar refractivity (Wildman–Crippen MR) is 78.3 cm³/mol. The Bertz CT molecular complexity index is 612. The van der Waals surface area contributed by atoms with Gasteiger partial charge in [0.15, 0.2) is 0 Å². The molecule has 21 heavy (non-hydrogen) atoms. The molecule has 0 saturated carbocycles. The lowest BCUT2D eigenvalue weighted by molar-refractivity contribution is -0.385. The Hall–Kier alpha value is -2.71. The van der Waals surface area contributed by atoms with Crippen molar-refractivity contribution in [3.63, 3.8) is 0 Å². The van der Waals surface area contributed by atoms with Crippen LogP contribution in [-0.4, -0.2) is 37.5 Å². The number of hydrogen-bond acceptors (Lipinski definition) is 7. The van der Waals surface area contributed by atoms with Gasteiger partial charge in [0.05, 0.1) is 11.3 Å². The molecule has 0 amide bonds. The van der Waals surface area contributed by atoms with E-state index in [2.05, 4.69) is 25.6 Å². The molecular weight excluding hydrogens is 274 g/mol. The molecule has 0 unspecified atom stereocenters. The quantitative estimate of drug-likeness (QED) is 0.586. The zero-order valence-corrected chi connectivity index (χ0v) is 11.9. The van der Waals surface area contributed by atoms with E-state index in [1.165, 1.54) is 0 Å². The second-order valence-electron chi connectivity index (χ2n) is 4.34. The summed E-state index contributed by atoms with van der Waals surface area (Å²) in [6.07, 6.45) is 5.19. The third kappa shape index (κ3) is 3.65. The summed E-state index contributed by atoms with van der Waals surface area (Å²) in [5.74, 6) is 0.606. The number of nitrogens with zero attached hydrogens (tertiary/aromatic N) is 5. The molecule has 0 aliphatic carbocycles. The molecule has 0 atom stereocenters. The summed E-state index contributed by atoms with van der Waals surface area (Å²) in [6, 6.07) is 0. The summed E-state index contributed by atoms with van der Waals surface area (Å²) in [6.45, 7) is 5.29. The first-order valence-electron chi connectivity index (χ1n) is 6.58. The van der Waals surface area contributed by atoms with Crippen LogP contribution < -0.4 is 10.6 Å². The first-order chi connectivity index (χ1) is 10.1. The molecule has 0 radical (unpaired) electrons. The van der Waals surface area contributed by atoms with Gasteiger partial charge in [-0.25, -0.2) is 9.97 Å². The lowest BCUT2D eigenvalue weighted by Crippen LogP contribution is -2.14. The molecule has 0 aliphatic rings. The highest BCUT2D eigenvalue weighted by molar-refractivity contribution is 5.60. The van der Waals surface area contributed by atoms with Crippen LogP contribution in [0.2, 0.25) is 0 Å². The van der Waals surface area contributed by atoms with Crippen molar-refractivity contribution in [2.75, 3.05) is 23.7 Å². The third-order valence-corrected chi connectivity index (χ3v) is 2.80. The van der Waals surface area contributed by atoms with Crippen LogP contribution in [0.25, 0.3) is 0 Å². The van der Waals surface area contributed by atoms with Crippen molar-refractivity contribution in [3.05, 3.63) is 34.5 Å². The van der Waals surface area contributed by atoms with E-state index in [-0.39, 0.29) is 11.5 Å². The van der Waals surface area contributed by atoms with E-state index in [0.717, 1.165) is 0 Å². The van der Waals surface area contributed by atoms with E-state index in [0.29, 0.717) is 31.3 Å². The molecule has 2 heterocycles. The van der Waals surface area contributed by atoms with Crippen molar-refractivity contribution in [2.24, 2.45) is 0 Å². The van der Waals surface area contributed by atoms with Gasteiger partial charge >= 0.3 is 5.69 Å². The molecule has 0 saturated heterocycles. The topological polar surface area (TPSA) is 111 Å². The molecule has 112 valence electrons. The second-order valence-corrected chi connectivity index (χ2v) is 4.34. The Morgan fingerprint density at radius 1 is 1.38 bits per heavy atom. The zero-order chi connectivity index (χ0) is 15.2. The van der Waals surface area contributed by atoms with E-state index in [4.69, 9.17) is 0 Å². The van der Waals surface area contributed by atoms with Crippen molar-refractivity contribution >= 4 is 17.5 Å². The van der Waals surface area contributed by atoms with Crippen LogP contribution in [0.15, 0.2) is 18.7 Å². The molecule has 2 N–H and O–H groups in total. The van der Waals surface area contributed by atoms with Gasteiger partial charge in [-0.2, -0.15) is 4.98 Å². The predicted octanol–water partition coefficient (Wildman–Crippen LogP) is 1.43. The molecule has 0 aromatic carbocycles. The molecule has 0 bridgehead atoms. The van der Waals surface area contributed by atoms with Gasteiger partial charge in [-0.3, -0.25) is 10.1 Å². The lowest BCUT2D eigenvalue weighted by Gasteiger charge is -2.10. The number of nitro groups is 1. The molecule has 2 aromatic rings. The van der Waals surface area contributed by atoms with Crippen molar-refractivity contribution in [1.29, 1.82) is 0 Å². The minimum Gasteiger partial charge on any atom is -0.362 e. The van der Waals surface area contributed by atoms with Gasteiger partial charge in [0, 0.05) is 32.0 Å². The van der Waals surface area contributed by atoms with Gasteiger partial charge in [-0.15, -0.1) is 0 Å². The second kappa shape index (κ2) is 6.64. The molecular formula is C12H17N7O2. The molecule has 9 heteroatoms. The van der Waals surface area contributed by atoms with Gasteiger partial charge in [0.2, 0.25) is 11.8 Å². The smallest absolute Gasteiger partial charge is 0.332 e. The summed E-state index contributed by atoms with van der Waals surface area (Å²) in [4.78, 5) is 22.9. The van der Waals surface area contributed by atoms with Crippen LogP contribution in [0.3, 0.4) is 0 Å². The largest absolute Gasteiger partial charge is 0.362 e. The van der Waals surface area contributed by atoms with Crippen molar-refractivity contribution in [2.45, 2.75) is 20.4 Å². The summed E-state index contributed by atoms with van der Waals surface area (Å²) < 4.78 is 1.87. The Kier molecular flexibility index (Phi) is 4.64. The highest BCUT2D eigenvalue weighted by atomic mass is 16.6. The van der Waals surface area contributed by atoms with E-state index in [1.54, 1.807) is 19.4 Å². The average molecular weight is 291 g/mol. The zero-order valence-electron chi connectivity index (χ0n) is 11.9. The van der Waals surface area contributed by atoms with Crippen LogP contribution in [0.5, 0.6) is 0 Å². The van der Waals surface area contributed by atoms with Gasteiger partial charge in [-0.1, -0.05) is 0 Å². The summed E-state index contributed by atoms with van der Waals surface area (Å²) in [5.41, 5.74) is 0.235. The number of rotatable bonds is 7. The fraction of sp³-hybridized carbons (Fsp3) is 0.417. The molecule has 9 nitrogen and oxygen atoms in total. The number of nitrogens with one attached hydrogen (secondary N) is 2. The average Bonchev–Trinajstić information content (AvgIpc) is 2.91. The number of aryl methyl sites for hydroxylation is 1. The maximum atomic E-state index is 11.2. The van der Waals surface area contributed by atoms with E-state index < -0.39 is 4.92 Å². The molecule has 2 rings (SSSR count). The summed E-state index contributed by atoms with van der Waals surface area (Å²) in [5, 5.41) is 17.1. The fourth-order valence-corrected chi connectivity index (χ4v) is 1.87. The SMILES string of the molecule is CCNc1nc(C)c([N+](=O)[O-])c(NCCn2ccnc2)n1. The van der Waals surface area contributed by atoms with Crippen LogP contribution in [0, 0.1) is 17.0 Å². The van der Waals surface area contributed by atoms with Gasteiger partial charge in [0.25, 0.3) is 0 Å². The third-order valence-electron chi connectivity index (χ3n) is 2.80. The highest BCUT2D eigenvalue weighted by Gasteiger charge is 2.21. The Morgan fingerprint density at radius 3 is 2.81 bits per heavy atom. The van der Waals surface area contributed by atoms with E-state index in [1.807, 2.05) is 17.7 Å². The van der Waals surface area contributed by atoms with Crippen molar-refractivity contribution in [1.82, 2.24) is 19.5 Å². The molecule has 0 fully saturated rings. The maximum Gasteiger partial charge on any atom is 0.332 e. The van der Waals surface area contributed by atoms with Crippen molar-refractivity contribution in [3.8, 4) is 0 Å². The fourth-order valence-electron chi connectivity index (χ4n) is 1.87. The first-order valence-corrected chi connectivity index (χ1v) is 6.58. The van der Waals surface area contributed by atoms with Crippen LogP contribution in [0.4, 0.5) is 17.5 Å². The number of aromatic nitrogens is 4. The van der Waals surface area contributed by atoms with Crippen LogP contribution in [0.1, 0.15) is 12.6 Å². The van der Waals surface area contributed by atoms with Crippen LogP contribution in [-0.2, 0) is 6.54 Å². The molecule has 0 spiro atoms. The van der Waals surface area contributed by atoms with Crippen LogP contribution >= 0.6 is 0 Å². The van der Waals surface area contributed by atoms with E-state index >= 15 is 0 Å². The normalized spacial score (nSPS) is 10.4. The Balaban J connectivity index is 2.16. The maximum absolute atomic E-state index is 11.2. The minimum absolute atomic E-state index is 0.0951. The van der Waals surface area contributed by atoms with Gasteiger partial charge in [-0.05, 0) is 13.8 Å². The van der Waals surface area contributed by atoms with E-state index in [9.17, 15) is 10.1 Å². The van der Waals surface area contributed by atoms with Gasteiger partial charge < -0.3 is 15.2 Å². The highest BCUT2D eigenvalue weighted by Crippen LogP contribution is 2.26. The Labute approximate surface area is 121 Å². The summed E-state index contributed by atoms with van der Waals surface area (Å²) in [7, 11) is 0. The minimum atomic E-state index is -0.468. The molecule has 0 aliphatic heterocycles. The molecule has 2 aromatic heterocycles. The standard InChI is InChI=1S/C12H17N7O2/c1-3-14-12-16-9(2)10(19(20)21)11(17-12)15-5-7-18-6-4-13-8-18/h4,6,8H,3,5,7H2,1-2H3,(H2,14,15,16,17). The Morgan fingerprint density at radius 2 is 2.19 bits per heavy atom. The summed E-state index contributed by atoms with van der Waals surface area (Å²) >= 11 is 0. The lowest BCUT2D eigenvalue weighted by atomic mass is 10.3.